The molecule has 1 unspecified atom stereocenters. The van der Waals surface area contributed by atoms with E-state index in [1.165, 1.54) is 22.3 Å². The second-order valence-corrected chi connectivity index (χ2v) is 7.16. The second-order valence-electron chi connectivity index (χ2n) is 7.16. The van der Waals surface area contributed by atoms with E-state index in [1.54, 1.807) is 0 Å². The third-order valence-corrected chi connectivity index (χ3v) is 4.80. The van der Waals surface area contributed by atoms with Gasteiger partial charge < -0.3 is 4.90 Å². The number of fused-ring (bicyclic) bond motifs is 1. The number of hydrogen-bond acceptors (Lipinski definition) is 2. The van der Waals surface area contributed by atoms with Gasteiger partial charge in [0.15, 0.2) is 5.78 Å². The van der Waals surface area contributed by atoms with Crippen LogP contribution >= 0.6 is 0 Å². The summed E-state index contributed by atoms with van der Waals surface area (Å²) in [6.45, 7) is 9.47. The van der Waals surface area contributed by atoms with Gasteiger partial charge in [0.05, 0.1) is 0 Å². The average Bonchev–Trinajstić information content (AvgIpc) is 2.54. The molecule has 0 amide bonds. The first-order chi connectivity index (χ1) is 11.0. The molecule has 2 heteroatoms. The molecule has 1 fully saturated rings. The molecular formula is C21H26NO. The number of carbonyl (C=O) groups excluding carboxylic acids is 1. The molecule has 0 aliphatic carbocycles. The van der Waals surface area contributed by atoms with E-state index in [1.807, 2.05) is 6.07 Å². The molecule has 0 spiro atoms. The van der Waals surface area contributed by atoms with Crippen molar-refractivity contribution in [3.63, 3.8) is 0 Å². The van der Waals surface area contributed by atoms with Gasteiger partial charge in [0.25, 0.3) is 0 Å². The lowest BCUT2D eigenvalue weighted by molar-refractivity contribution is 0.0824. The van der Waals surface area contributed by atoms with E-state index in [-0.39, 0.29) is 5.92 Å². The molecule has 0 N–H and O–H groups in total. The Bertz CT molecular complexity index is 704. The third-order valence-electron chi connectivity index (χ3n) is 4.80. The predicted octanol–water partition coefficient (Wildman–Crippen LogP) is 4.66. The summed E-state index contributed by atoms with van der Waals surface area (Å²) in [6.07, 6.45) is 2.14. The first-order valence-corrected chi connectivity index (χ1v) is 8.59. The van der Waals surface area contributed by atoms with Crippen LogP contribution in [0.15, 0.2) is 36.4 Å². The van der Waals surface area contributed by atoms with Crippen LogP contribution in [0, 0.1) is 18.8 Å². The molecule has 1 heterocycles. The highest BCUT2D eigenvalue weighted by molar-refractivity contribution is 6.02. The Hall–Kier alpha value is -1.67. The van der Waals surface area contributed by atoms with Crippen LogP contribution in [0.2, 0.25) is 0 Å². The van der Waals surface area contributed by atoms with Gasteiger partial charge in [0.1, 0.15) is 0 Å². The first kappa shape index (κ1) is 16.2. The fourth-order valence-corrected chi connectivity index (χ4v) is 3.68. The number of rotatable bonds is 4. The second kappa shape index (κ2) is 6.84. The van der Waals surface area contributed by atoms with Gasteiger partial charge in [0.2, 0.25) is 0 Å². The van der Waals surface area contributed by atoms with Crippen LogP contribution in [0.4, 0.5) is 0 Å². The van der Waals surface area contributed by atoms with Crippen LogP contribution in [0.1, 0.15) is 42.6 Å². The van der Waals surface area contributed by atoms with Gasteiger partial charge in [-0.2, -0.15) is 0 Å². The van der Waals surface area contributed by atoms with Gasteiger partial charge in [-0.3, -0.25) is 4.79 Å². The Morgan fingerprint density at radius 3 is 2.83 bits per heavy atom. The highest BCUT2D eigenvalue weighted by Crippen LogP contribution is 2.25. The third kappa shape index (κ3) is 3.64. The van der Waals surface area contributed by atoms with E-state index in [0.29, 0.717) is 5.78 Å². The molecule has 121 valence electrons. The maximum Gasteiger partial charge on any atom is 0.167 e. The standard InChI is InChI=1S/C21H26NO/c1-15(2)13-22-11-5-8-19(14-22)21(23)18-10-9-17-7-4-6-16(3)20(17)12-18/h4,6-7,9-10,12,19H,5,8,11,13-14H2,1-3H3. The fourth-order valence-electron chi connectivity index (χ4n) is 3.68. The minimum absolute atomic E-state index is 0.143. The van der Waals surface area contributed by atoms with Crippen LogP contribution < -0.4 is 0 Å². The Morgan fingerprint density at radius 1 is 1.22 bits per heavy atom. The summed E-state index contributed by atoms with van der Waals surface area (Å²) in [5.74, 6) is 1.87. The molecule has 2 aromatic carbocycles. The molecule has 1 aliphatic rings. The van der Waals surface area contributed by atoms with Gasteiger partial charge in [-0.25, -0.2) is 0 Å². The van der Waals surface area contributed by atoms with Crippen molar-refractivity contribution in [2.45, 2.75) is 33.6 Å². The van der Waals surface area contributed by atoms with Gasteiger partial charge in [-0.15, -0.1) is 0 Å². The van der Waals surface area contributed by atoms with Crippen molar-refractivity contribution in [2.24, 2.45) is 5.92 Å². The Labute approximate surface area is 139 Å². The molecule has 1 aliphatic heterocycles. The van der Waals surface area contributed by atoms with E-state index in [0.717, 1.165) is 38.0 Å². The van der Waals surface area contributed by atoms with Crippen molar-refractivity contribution < 1.29 is 4.79 Å². The molecule has 0 saturated carbocycles. The van der Waals surface area contributed by atoms with Crippen molar-refractivity contribution in [1.29, 1.82) is 0 Å². The quantitative estimate of drug-likeness (QED) is 0.766. The lowest BCUT2D eigenvalue weighted by atomic mass is 9.88. The molecule has 1 atom stereocenters. The molecule has 1 saturated heterocycles. The van der Waals surface area contributed by atoms with Crippen molar-refractivity contribution >= 4 is 16.6 Å². The summed E-state index contributed by atoms with van der Waals surface area (Å²) in [4.78, 5) is 15.4. The number of carbonyl (C=O) groups is 1. The molecule has 0 aromatic heterocycles. The van der Waals surface area contributed by atoms with Crippen LogP contribution in [0.3, 0.4) is 0 Å². The van der Waals surface area contributed by atoms with Crippen LogP contribution in [0.25, 0.3) is 10.8 Å². The molecule has 3 rings (SSSR count). The van der Waals surface area contributed by atoms with Crippen LogP contribution in [-0.4, -0.2) is 30.3 Å². The first-order valence-electron chi connectivity index (χ1n) is 8.59. The fraction of sp³-hybridized carbons (Fsp3) is 0.429. The van der Waals surface area contributed by atoms with Gasteiger partial charge in [0, 0.05) is 24.6 Å². The number of hydrogen-bond donors (Lipinski definition) is 0. The van der Waals surface area contributed by atoms with Crippen LogP contribution in [-0.2, 0) is 0 Å². The monoisotopic (exact) mass is 308 g/mol. The maximum absolute atomic E-state index is 13.0. The van der Waals surface area contributed by atoms with Crippen LogP contribution in [0.5, 0.6) is 0 Å². The maximum atomic E-state index is 13.0. The number of benzene rings is 2. The zero-order valence-electron chi connectivity index (χ0n) is 14.4. The smallest absolute Gasteiger partial charge is 0.167 e. The Balaban J connectivity index is 1.81. The number of likely N-dealkylation sites (tertiary alicyclic amines) is 1. The van der Waals surface area contributed by atoms with Crippen molar-refractivity contribution in [3.05, 3.63) is 53.4 Å². The van der Waals surface area contributed by atoms with Gasteiger partial charge in [-0.05, 0) is 54.6 Å². The minimum atomic E-state index is 0.143. The van der Waals surface area contributed by atoms with Gasteiger partial charge in [-0.1, -0.05) is 44.2 Å². The Kier molecular flexibility index (Phi) is 4.82. The number of aryl methyl sites for hydroxylation is 1. The van der Waals surface area contributed by atoms with Gasteiger partial charge >= 0.3 is 0 Å². The molecule has 23 heavy (non-hydrogen) atoms. The Morgan fingerprint density at radius 2 is 2.04 bits per heavy atom. The van der Waals surface area contributed by atoms with E-state index in [9.17, 15) is 4.79 Å². The van der Waals surface area contributed by atoms with E-state index < -0.39 is 0 Å². The molecule has 2 nitrogen and oxygen atoms in total. The molecule has 2 aromatic rings. The average molecular weight is 308 g/mol. The van der Waals surface area contributed by atoms with E-state index in [4.69, 9.17) is 0 Å². The number of piperidine rings is 1. The summed E-state index contributed by atoms with van der Waals surface area (Å²) in [5.41, 5.74) is 2.11. The zero-order chi connectivity index (χ0) is 16.4. The molecular weight excluding hydrogens is 282 g/mol. The van der Waals surface area contributed by atoms with Crippen molar-refractivity contribution in [3.8, 4) is 0 Å². The zero-order valence-corrected chi connectivity index (χ0v) is 14.4. The largest absolute Gasteiger partial charge is 0.302 e. The van der Waals surface area contributed by atoms with E-state index >= 15 is 0 Å². The predicted molar refractivity (Wildman–Crippen MR) is 96.8 cm³/mol. The summed E-state index contributed by atoms with van der Waals surface area (Å²) < 4.78 is 0. The normalized spacial score (nSPS) is 19.4. The number of ketones is 1. The SMILES string of the molecule is C[C](C)CN1CCCC(C(=O)c2ccc3cccc(C)c3c2)C1. The number of Topliss-reactive ketones (excluding diaryl/α,β-unsaturated/α-hetero) is 1. The van der Waals surface area contributed by atoms with Crippen molar-refractivity contribution in [1.82, 2.24) is 4.90 Å². The molecule has 1 radical (unpaired) electrons. The summed E-state index contributed by atoms with van der Waals surface area (Å²) in [6, 6.07) is 12.5. The summed E-state index contributed by atoms with van der Waals surface area (Å²) in [7, 11) is 0. The topological polar surface area (TPSA) is 20.3 Å². The van der Waals surface area contributed by atoms with Crippen molar-refractivity contribution in [2.75, 3.05) is 19.6 Å². The summed E-state index contributed by atoms with van der Waals surface area (Å²) >= 11 is 0. The number of nitrogens with zero attached hydrogens (tertiary/aromatic N) is 1. The van der Waals surface area contributed by atoms with E-state index in [2.05, 4.69) is 56.0 Å². The molecule has 0 bridgehead atoms. The highest BCUT2D eigenvalue weighted by Gasteiger charge is 2.26. The lowest BCUT2D eigenvalue weighted by Crippen LogP contribution is -2.40. The summed E-state index contributed by atoms with van der Waals surface area (Å²) in [5, 5.41) is 2.41. The highest BCUT2D eigenvalue weighted by atomic mass is 16.1. The lowest BCUT2D eigenvalue weighted by Gasteiger charge is -2.33. The minimum Gasteiger partial charge on any atom is -0.302 e.